The Morgan fingerprint density at radius 3 is 2.14 bits per heavy atom. The molecule has 1 aromatic rings. The van der Waals surface area contributed by atoms with Crippen molar-refractivity contribution in [1.29, 1.82) is 0 Å². The van der Waals surface area contributed by atoms with Crippen molar-refractivity contribution in [2.45, 2.75) is 26.2 Å². The summed E-state index contributed by atoms with van der Waals surface area (Å²) in [5.74, 6) is 0.471. The van der Waals surface area contributed by atoms with E-state index < -0.39 is 12.0 Å². The van der Waals surface area contributed by atoms with E-state index in [0.29, 0.717) is 17.2 Å². The maximum absolute atomic E-state index is 11.7. The zero-order chi connectivity index (χ0) is 16.7. The minimum atomic E-state index is -0.968. The summed E-state index contributed by atoms with van der Waals surface area (Å²) in [6.45, 7) is 4.09. The fourth-order valence-electron chi connectivity index (χ4n) is 2.04. The zero-order valence-corrected chi connectivity index (χ0v) is 13.2. The van der Waals surface area contributed by atoms with Crippen LogP contribution in [-0.4, -0.2) is 37.9 Å². The number of carbonyl (C=O) groups excluding carboxylic acids is 1. The molecule has 0 aliphatic heterocycles. The Bertz CT molecular complexity index is 518. The molecule has 0 atom stereocenters. The molecule has 0 aromatic heterocycles. The highest BCUT2D eigenvalue weighted by atomic mass is 16.5. The number of nitrogens with one attached hydrogen (secondary N) is 2. The van der Waals surface area contributed by atoms with Crippen LogP contribution in [0.2, 0.25) is 0 Å². The number of methoxy groups -OCH3 is 2. The Kier molecular flexibility index (Phi) is 6.49. The second-order valence-electron chi connectivity index (χ2n) is 4.97. The van der Waals surface area contributed by atoms with Crippen molar-refractivity contribution in [2.75, 3.05) is 26.1 Å². The average Bonchev–Trinajstić information content (AvgIpc) is 2.45. The van der Waals surface area contributed by atoms with Crippen molar-refractivity contribution in [1.82, 2.24) is 5.32 Å². The van der Waals surface area contributed by atoms with E-state index in [1.54, 1.807) is 26.4 Å². The zero-order valence-electron chi connectivity index (χ0n) is 13.2. The molecule has 0 saturated heterocycles. The molecule has 0 bridgehead atoms. The number of carboxylic acids is 1. The van der Waals surface area contributed by atoms with E-state index in [4.69, 9.17) is 14.6 Å². The van der Waals surface area contributed by atoms with Crippen LogP contribution in [0.1, 0.15) is 31.7 Å². The van der Waals surface area contributed by atoms with E-state index in [1.807, 2.05) is 13.8 Å². The molecule has 1 rings (SSSR count). The Morgan fingerprint density at radius 2 is 1.73 bits per heavy atom. The van der Waals surface area contributed by atoms with Crippen LogP contribution in [-0.2, 0) is 4.79 Å². The van der Waals surface area contributed by atoms with E-state index in [0.717, 1.165) is 5.56 Å². The lowest BCUT2D eigenvalue weighted by Crippen LogP contribution is -2.30. The molecule has 7 heteroatoms. The second kappa shape index (κ2) is 8.11. The van der Waals surface area contributed by atoms with Gasteiger partial charge < -0.3 is 25.2 Å². The van der Waals surface area contributed by atoms with Crippen LogP contribution >= 0.6 is 0 Å². The topological polar surface area (TPSA) is 96.9 Å². The number of carbonyl (C=O) groups is 2. The van der Waals surface area contributed by atoms with E-state index in [2.05, 4.69) is 10.6 Å². The summed E-state index contributed by atoms with van der Waals surface area (Å²) in [4.78, 5) is 22.1. The van der Waals surface area contributed by atoms with Crippen LogP contribution in [0.4, 0.5) is 10.5 Å². The van der Waals surface area contributed by atoms with E-state index in [-0.39, 0.29) is 18.9 Å². The molecule has 0 radical (unpaired) electrons. The second-order valence-corrected chi connectivity index (χ2v) is 4.97. The molecular weight excluding hydrogens is 288 g/mol. The smallest absolute Gasteiger partial charge is 0.319 e. The molecule has 0 unspecified atom stereocenters. The third kappa shape index (κ3) is 4.83. The summed E-state index contributed by atoms with van der Waals surface area (Å²) in [5, 5.41) is 13.6. The molecule has 3 N–H and O–H groups in total. The number of ether oxygens (including phenoxy) is 2. The molecule has 22 heavy (non-hydrogen) atoms. The van der Waals surface area contributed by atoms with Crippen molar-refractivity contribution in [2.24, 2.45) is 0 Å². The van der Waals surface area contributed by atoms with Gasteiger partial charge in [-0.2, -0.15) is 0 Å². The first-order valence-electron chi connectivity index (χ1n) is 6.91. The summed E-state index contributed by atoms with van der Waals surface area (Å²) in [6, 6.07) is 2.92. The highest BCUT2D eigenvalue weighted by Gasteiger charge is 2.16. The van der Waals surface area contributed by atoms with E-state index in [1.165, 1.54) is 0 Å². The van der Waals surface area contributed by atoms with Gasteiger partial charge in [0, 0.05) is 29.9 Å². The summed E-state index contributed by atoms with van der Waals surface area (Å²) in [7, 11) is 3.11. The monoisotopic (exact) mass is 310 g/mol. The largest absolute Gasteiger partial charge is 0.496 e. The van der Waals surface area contributed by atoms with Crippen LogP contribution in [0.3, 0.4) is 0 Å². The molecule has 0 aliphatic carbocycles. The van der Waals surface area contributed by atoms with Crippen molar-refractivity contribution in [3.63, 3.8) is 0 Å². The van der Waals surface area contributed by atoms with Crippen LogP contribution < -0.4 is 20.1 Å². The Hall–Kier alpha value is -2.44. The number of benzene rings is 1. The molecule has 0 fully saturated rings. The first-order valence-corrected chi connectivity index (χ1v) is 6.91. The number of urea groups is 1. The van der Waals surface area contributed by atoms with Gasteiger partial charge in [-0.3, -0.25) is 4.79 Å². The van der Waals surface area contributed by atoms with Crippen molar-refractivity contribution in [3.05, 3.63) is 17.7 Å². The average molecular weight is 310 g/mol. The number of hydrogen-bond donors (Lipinski definition) is 3. The van der Waals surface area contributed by atoms with Crippen LogP contribution in [0.5, 0.6) is 11.5 Å². The van der Waals surface area contributed by atoms with Gasteiger partial charge in [-0.1, -0.05) is 13.8 Å². The molecule has 0 spiro atoms. The predicted octanol–water partition coefficient (Wildman–Crippen LogP) is 2.42. The SMILES string of the molecule is COc1cc(NC(=O)NCCC(=O)O)cc(OC)c1C(C)C. The molecule has 0 saturated carbocycles. The number of rotatable bonds is 7. The quantitative estimate of drug-likeness (QED) is 0.718. The number of aliphatic carboxylic acids is 1. The lowest BCUT2D eigenvalue weighted by molar-refractivity contribution is -0.136. The van der Waals surface area contributed by atoms with Crippen LogP contribution in [0.25, 0.3) is 0 Å². The molecule has 1 aromatic carbocycles. The van der Waals surface area contributed by atoms with Gasteiger partial charge in [0.05, 0.1) is 20.6 Å². The van der Waals surface area contributed by atoms with Gasteiger partial charge in [-0.05, 0) is 5.92 Å². The first-order chi connectivity index (χ1) is 10.4. The third-order valence-electron chi connectivity index (χ3n) is 3.00. The number of hydrogen-bond acceptors (Lipinski definition) is 4. The minimum absolute atomic E-state index is 0.0551. The van der Waals surface area contributed by atoms with Crippen molar-refractivity contribution in [3.8, 4) is 11.5 Å². The maximum atomic E-state index is 11.7. The molecule has 0 aliphatic rings. The van der Waals surface area contributed by atoms with Gasteiger partial charge in [0.15, 0.2) is 0 Å². The summed E-state index contributed by atoms with van der Waals surface area (Å²) in [5.41, 5.74) is 1.42. The highest BCUT2D eigenvalue weighted by molar-refractivity contribution is 5.90. The van der Waals surface area contributed by atoms with Crippen LogP contribution in [0.15, 0.2) is 12.1 Å². The minimum Gasteiger partial charge on any atom is -0.496 e. The summed E-state index contributed by atoms with van der Waals surface area (Å²) in [6.07, 6.45) is -0.133. The van der Waals surface area contributed by atoms with Gasteiger partial charge in [0.25, 0.3) is 0 Å². The van der Waals surface area contributed by atoms with E-state index in [9.17, 15) is 9.59 Å². The van der Waals surface area contributed by atoms with Gasteiger partial charge >= 0.3 is 12.0 Å². The number of anilines is 1. The molecule has 2 amide bonds. The fourth-order valence-corrected chi connectivity index (χ4v) is 2.04. The van der Waals surface area contributed by atoms with Crippen LogP contribution in [0, 0.1) is 0 Å². The third-order valence-corrected chi connectivity index (χ3v) is 3.00. The fraction of sp³-hybridized carbons (Fsp3) is 0.467. The van der Waals surface area contributed by atoms with Gasteiger partial charge in [-0.25, -0.2) is 4.79 Å². The Labute approximate surface area is 129 Å². The highest BCUT2D eigenvalue weighted by Crippen LogP contribution is 2.37. The lowest BCUT2D eigenvalue weighted by Gasteiger charge is -2.18. The molecular formula is C15H22N2O5. The van der Waals surface area contributed by atoms with Crippen molar-refractivity contribution < 1.29 is 24.2 Å². The predicted molar refractivity (Wildman–Crippen MR) is 82.9 cm³/mol. The number of carboxylic acid groups (broad SMARTS) is 1. The maximum Gasteiger partial charge on any atom is 0.319 e. The van der Waals surface area contributed by atoms with Gasteiger partial charge in [-0.15, -0.1) is 0 Å². The first kappa shape index (κ1) is 17.6. The number of amides is 2. The Morgan fingerprint density at radius 1 is 1.18 bits per heavy atom. The summed E-state index contributed by atoms with van der Waals surface area (Å²) < 4.78 is 10.7. The standard InChI is InChI=1S/C15H22N2O5/c1-9(2)14-11(21-3)7-10(8-12(14)22-4)17-15(20)16-6-5-13(18)19/h7-9H,5-6H2,1-4H3,(H,18,19)(H2,16,17,20). The molecule has 122 valence electrons. The lowest BCUT2D eigenvalue weighted by atomic mass is 10.00. The van der Waals surface area contributed by atoms with E-state index >= 15 is 0 Å². The summed E-state index contributed by atoms with van der Waals surface area (Å²) >= 11 is 0. The Balaban J connectivity index is 2.87. The van der Waals surface area contributed by atoms with Gasteiger partial charge in [0.2, 0.25) is 0 Å². The van der Waals surface area contributed by atoms with Gasteiger partial charge in [0.1, 0.15) is 11.5 Å². The normalized spacial score (nSPS) is 10.2. The molecule has 0 heterocycles. The molecule has 7 nitrogen and oxygen atoms in total. The van der Waals surface area contributed by atoms with Crippen molar-refractivity contribution >= 4 is 17.7 Å².